The summed E-state index contributed by atoms with van der Waals surface area (Å²) in [7, 11) is 1.72. The van der Waals surface area contributed by atoms with E-state index in [9.17, 15) is 0 Å². The fraction of sp³-hybridized carbons (Fsp3) is 0.591. The normalized spacial score (nSPS) is 20.0. The van der Waals surface area contributed by atoms with Crippen molar-refractivity contribution < 1.29 is 14.0 Å². The van der Waals surface area contributed by atoms with Gasteiger partial charge in [0, 0.05) is 49.8 Å². The molecular weight excluding hydrogens is 382 g/mol. The third kappa shape index (κ3) is 3.53. The zero-order valence-electron chi connectivity index (χ0n) is 17.7. The molecule has 1 N–H and O–H groups in total. The number of morpholine rings is 1. The summed E-state index contributed by atoms with van der Waals surface area (Å²) in [6.07, 6.45) is 6.11. The molecule has 1 saturated heterocycles. The van der Waals surface area contributed by atoms with Crippen LogP contribution in [0.4, 0.5) is 0 Å². The number of rotatable bonds is 6. The van der Waals surface area contributed by atoms with Crippen molar-refractivity contribution in [3.63, 3.8) is 0 Å². The van der Waals surface area contributed by atoms with E-state index in [1.54, 1.807) is 7.11 Å². The van der Waals surface area contributed by atoms with Crippen LogP contribution >= 0.6 is 0 Å². The molecule has 0 spiro atoms. The van der Waals surface area contributed by atoms with E-state index < -0.39 is 0 Å². The Hall–Kier alpha value is -2.29. The van der Waals surface area contributed by atoms with Crippen LogP contribution < -0.4 is 0 Å². The summed E-state index contributed by atoms with van der Waals surface area (Å²) < 4.78 is 16.7. The smallest absolute Gasteiger partial charge is 0.276 e. The molecule has 1 aliphatic carbocycles. The summed E-state index contributed by atoms with van der Waals surface area (Å²) in [5, 5.41) is 5.29. The van der Waals surface area contributed by atoms with Gasteiger partial charge >= 0.3 is 0 Å². The topological polar surface area (TPSA) is 89.3 Å². The van der Waals surface area contributed by atoms with E-state index in [0.29, 0.717) is 24.2 Å². The second kappa shape index (κ2) is 8.45. The second-order valence-corrected chi connectivity index (χ2v) is 8.20. The molecule has 8 heteroatoms. The van der Waals surface area contributed by atoms with E-state index in [1.165, 1.54) is 29.5 Å². The van der Waals surface area contributed by atoms with Crippen LogP contribution in [0.15, 0.2) is 10.7 Å². The lowest BCUT2D eigenvalue weighted by Gasteiger charge is -2.32. The zero-order valence-corrected chi connectivity index (χ0v) is 17.7. The SMILES string of the molecule is CCc1noc(-c2ncc3[nH]c4c(c3c2COC)C(CN2CCOCC2)CCC4)n1. The molecule has 30 heavy (non-hydrogen) atoms. The molecule has 5 rings (SSSR count). The highest BCUT2D eigenvalue weighted by atomic mass is 16.5. The highest BCUT2D eigenvalue weighted by molar-refractivity contribution is 5.91. The Kier molecular flexibility index (Phi) is 5.54. The van der Waals surface area contributed by atoms with Crippen molar-refractivity contribution in [1.82, 2.24) is 25.0 Å². The van der Waals surface area contributed by atoms with Gasteiger partial charge in [0.25, 0.3) is 5.89 Å². The van der Waals surface area contributed by atoms with Crippen LogP contribution in [-0.4, -0.2) is 65.0 Å². The number of aryl methyl sites for hydroxylation is 2. The summed E-state index contributed by atoms with van der Waals surface area (Å²) in [6.45, 7) is 7.20. The molecule has 1 atom stereocenters. The Bertz CT molecular complexity index is 1020. The van der Waals surface area contributed by atoms with E-state index in [2.05, 4.69) is 20.0 Å². The van der Waals surface area contributed by atoms with Crippen molar-refractivity contribution in [3.8, 4) is 11.6 Å². The molecule has 160 valence electrons. The molecule has 0 radical (unpaired) electrons. The minimum atomic E-state index is 0.456. The number of aromatic nitrogens is 4. The standard InChI is InChI=1S/C22H29N5O3/c1-3-18-25-22(30-26-18)21-15(13-28-2)20-17(11-23-21)24-16-6-4-5-14(19(16)20)12-27-7-9-29-10-8-27/h11,14,24H,3-10,12-13H2,1-2H3. The van der Waals surface area contributed by atoms with Crippen molar-refractivity contribution in [3.05, 3.63) is 28.8 Å². The number of hydrogen-bond acceptors (Lipinski definition) is 7. The van der Waals surface area contributed by atoms with Crippen molar-refractivity contribution in [2.75, 3.05) is 40.0 Å². The Labute approximate surface area is 176 Å². The lowest BCUT2D eigenvalue weighted by molar-refractivity contribution is 0.0343. The number of nitrogens with one attached hydrogen (secondary N) is 1. The van der Waals surface area contributed by atoms with E-state index in [0.717, 1.165) is 62.5 Å². The first-order valence-electron chi connectivity index (χ1n) is 10.9. The fourth-order valence-corrected chi connectivity index (χ4v) is 4.89. The first kappa shape index (κ1) is 19.7. The average molecular weight is 412 g/mol. The molecule has 1 aliphatic heterocycles. The van der Waals surface area contributed by atoms with Crippen molar-refractivity contribution in [2.45, 2.75) is 45.1 Å². The van der Waals surface area contributed by atoms with Crippen LogP contribution in [0.5, 0.6) is 0 Å². The summed E-state index contributed by atoms with van der Waals surface area (Å²) in [5.74, 6) is 1.65. The highest BCUT2D eigenvalue weighted by Crippen LogP contribution is 2.41. The van der Waals surface area contributed by atoms with Gasteiger partial charge in [-0.15, -0.1) is 0 Å². The lowest BCUT2D eigenvalue weighted by atomic mass is 9.83. The van der Waals surface area contributed by atoms with Gasteiger partial charge in [-0.1, -0.05) is 12.1 Å². The summed E-state index contributed by atoms with van der Waals surface area (Å²) in [5.41, 5.74) is 5.60. The number of H-pyrrole nitrogens is 1. The number of ether oxygens (including phenoxy) is 2. The molecule has 1 fully saturated rings. The maximum absolute atomic E-state index is 5.61. The predicted molar refractivity (Wildman–Crippen MR) is 112 cm³/mol. The van der Waals surface area contributed by atoms with Gasteiger partial charge in [0.2, 0.25) is 0 Å². The molecule has 4 heterocycles. The second-order valence-electron chi connectivity index (χ2n) is 8.20. The van der Waals surface area contributed by atoms with Gasteiger partial charge in [0.05, 0.1) is 31.5 Å². The Morgan fingerprint density at radius 1 is 1.30 bits per heavy atom. The molecule has 2 aliphatic rings. The number of aromatic amines is 1. The Balaban J connectivity index is 1.61. The largest absolute Gasteiger partial charge is 0.380 e. The van der Waals surface area contributed by atoms with E-state index in [4.69, 9.17) is 19.0 Å². The summed E-state index contributed by atoms with van der Waals surface area (Å²) in [4.78, 5) is 15.4. The third-order valence-electron chi connectivity index (χ3n) is 6.31. The van der Waals surface area contributed by atoms with Crippen LogP contribution in [0.2, 0.25) is 0 Å². The van der Waals surface area contributed by atoms with E-state index in [-0.39, 0.29) is 0 Å². The van der Waals surface area contributed by atoms with Gasteiger partial charge < -0.3 is 19.0 Å². The molecule has 3 aromatic heterocycles. The van der Waals surface area contributed by atoms with E-state index >= 15 is 0 Å². The molecule has 0 saturated carbocycles. The van der Waals surface area contributed by atoms with Gasteiger partial charge in [0.15, 0.2) is 5.82 Å². The number of nitrogens with zero attached hydrogens (tertiary/aromatic N) is 4. The number of hydrogen-bond donors (Lipinski definition) is 1. The monoisotopic (exact) mass is 411 g/mol. The van der Waals surface area contributed by atoms with Crippen LogP contribution in [0.1, 0.15) is 48.3 Å². The van der Waals surface area contributed by atoms with Crippen LogP contribution in [-0.2, 0) is 28.9 Å². The number of methoxy groups -OCH3 is 1. The first-order valence-corrected chi connectivity index (χ1v) is 10.9. The molecule has 3 aromatic rings. The highest BCUT2D eigenvalue weighted by Gasteiger charge is 2.30. The molecule has 0 bridgehead atoms. The minimum absolute atomic E-state index is 0.456. The average Bonchev–Trinajstić information content (AvgIpc) is 3.40. The van der Waals surface area contributed by atoms with Crippen LogP contribution in [0.3, 0.4) is 0 Å². The maximum atomic E-state index is 5.61. The van der Waals surface area contributed by atoms with Crippen LogP contribution in [0, 0.1) is 0 Å². The maximum Gasteiger partial charge on any atom is 0.276 e. The molecule has 0 aromatic carbocycles. The quantitative estimate of drug-likeness (QED) is 0.667. The van der Waals surface area contributed by atoms with Crippen molar-refractivity contribution >= 4 is 10.9 Å². The zero-order chi connectivity index (χ0) is 20.5. The fourth-order valence-electron chi connectivity index (χ4n) is 4.89. The van der Waals surface area contributed by atoms with Gasteiger partial charge in [0.1, 0.15) is 5.69 Å². The lowest BCUT2D eigenvalue weighted by Crippen LogP contribution is -2.39. The van der Waals surface area contributed by atoms with Gasteiger partial charge in [-0.25, -0.2) is 4.98 Å². The van der Waals surface area contributed by atoms with Crippen molar-refractivity contribution in [1.29, 1.82) is 0 Å². The van der Waals surface area contributed by atoms with E-state index in [1.807, 2.05) is 13.1 Å². The molecule has 0 amide bonds. The predicted octanol–water partition coefficient (Wildman–Crippen LogP) is 3.07. The first-order chi connectivity index (χ1) is 14.8. The van der Waals surface area contributed by atoms with Crippen LogP contribution in [0.25, 0.3) is 22.5 Å². The number of fused-ring (bicyclic) bond motifs is 3. The Morgan fingerprint density at radius 3 is 2.93 bits per heavy atom. The van der Waals surface area contributed by atoms with Gasteiger partial charge in [-0.3, -0.25) is 4.90 Å². The van der Waals surface area contributed by atoms with Gasteiger partial charge in [-0.05, 0) is 30.7 Å². The third-order valence-corrected chi connectivity index (χ3v) is 6.31. The van der Waals surface area contributed by atoms with Gasteiger partial charge in [-0.2, -0.15) is 4.98 Å². The van der Waals surface area contributed by atoms with Crippen molar-refractivity contribution in [2.24, 2.45) is 0 Å². The summed E-state index contributed by atoms with van der Waals surface area (Å²) in [6, 6.07) is 0. The summed E-state index contributed by atoms with van der Waals surface area (Å²) >= 11 is 0. The minimum Gasteiger partial charge on any atom is -0.380 e. The molecule has 8 nitrogen and oxygen atoms in total. The number of pyridine rings is 1. The Morgan fingerprint density at radius 2 is 2.17 bits per heavy atom. The molecular formula is C22H29N5O3. The molecule has 1 unspecified atom stereocenters.